The molecule has 2 aliphatic rings. The second kappa shape index (κ2) is 7.68. The first-order valence-electron chi connectivity index (χ1n) is 8.75. The first kappa shape index (κ1) is 15.4. The molecule has 1 aromatic rings. The number of ether oxygens (including phenoxy) is 1. The van der Waals surface area contributed by atoms with Gasteiger partial charge in [0.15, 0.2) is 0 Å². The summed E-state index contributed by atoms with van der Waals surface area (Å²) in [5, 5.41) is 3.32. The van der Waals surface area contributed by atoms with Gasteiger partial charge in [-0.25, -0.2) is 0 Å². The molecule has 22 heavy (non-hydrogen) atoms. The zero-order chi connectivity index (χ0) is 15.2. The summed E-state index contributed by atoms with van der Waals surface area (Å²) in [5.74, 6) is 1.05. The monoisotopic (exact) mass is 300 g/mol. The van der Waals surface area contributed by atoms with Crippen LogP contribution in [0.2, 0.25) is 0 Å². The summed E-state index contributed by atoms with van der Waals surface area (Å²) in [6, 6.07) is 6.30. The van der Waals surface area contributed by atoms with E-state index in [2.05, 4.69) is 35.0 Å². The van der Waals surface area contributed by atoms with Crippen molar-refractivity contribution in [1.29, 1.82) is 0 Å². The zero-order valence-electron chi connectivity index (χ0n) is 13.6. The molecule has 0 spiro atoms. The number of hydrogen-bond donors (Lipinski definition) is 1. The molecule has 2 heterocycles. The number of hydrogen-bond acceptors (Lipinski definition) is 3. The van der Waals surface area contributed by atoms with Crippen molar-refractivity contribution in [2.45, 2.75) is 38.5 Å². The first-order chi connectivity index (χ1) is 10.8. The summed E-state index contributed by atoms with van der Waals surface area (Å²) in [7, 11) is 0. The highest BCUT2D eigenvalue weighted by Crippen LogP contribution is 2.29. The summed E-state index contributed by atoms with van der Waals surface area (Å²) >= 11 is 0. The quantitative estimate of drug-likeness (QED) is 0.814. The largest absolute Gasteiger partial charge is 0.493 e. The van der Waals surface area contributed by atoms with Gasteiger partial charge >= 0.3 is 0 Å². The van der Waals surface area contributed by atoms with Gasteiger partial charge in [0, 0.05) is 23.4 Å². The molecule has 0 aromatic heterocycles. The van der Waals surface area contributed by atoms with Crippen LogP contribution in [0.25, 0.3) is 5.70 Å². The van der Waals surface area contributed by atoms with Gasteiger partial charge in [-0.3, -0.25) is 0 Å². The van der Waals surface area contributed by atoms with Crippen LogP contribution in [0.15, 0.2) is 24.8 Å². The van der Waals surface area contributed by atoms with E-state index in [1.54, 1.807) is 0 Å². The lowest BCUT2D eigenvalue weighted by Crippen LogP contribution is -2.30. The second-order valence-corrected chi connectivity index (χ2v) is 6.40. The molecule has 0 bridgehead atoms. The van der Waals surface area contributed by atoms with Gasteiger partial charge in [0.1, 0.15) is 5.75 Å². The number of nitrogens with one attached hydrogen (secondary N) is 1. The Labute approximate surface area is 134 Å². The number of nitrogens with zero attached hydrogens (tertiary/aromatic N) is 1. The molecule has 0 saturated carbocycles. The van der Waals surface area contributed by atoms with E-state index < -0.39 is 0 Å². The maximum atomic E-state index is 6.05. The Hall–Kier alpha value is -1.48. The summed E-state index contributed by atoms with van der Waals surface area (Å²) in [4.78, 5) is 2.60. The molecule has 2 aliphatic heterocycles. The first-order valence-corrected chi connectivity index (χ1v) is 8.75. The third-order valence-electron chi connectivity index (χ3n) is 4.75. The fraction of sp³-hybridized carbons (Fsp3) is 0.579. The second-order valence-electron chi connectivity index (χ2n) is 6.40. The van der Waals surface area contributed by atoms with Crippen LogP contribution < -0.4 is 10.1 Å². The maximum absolute atomic E-state index is 6.05. The van der Waals surface area contributed by atoms with E-state index in [0.29, 0.717) is 0 Å². The molecule has 0 amide bonds. The fourth-order valence-electron chi connectivity index (χ4n) is 3.48. The number of fused-ring (bicyclic) bond motifs is 1. The predicted molar refractivity (Wildman–Crippen MR) is 92.2 cm³/mol. The third kappa shape index (κ3) is 3.83. The van der Waals surface area contributed by atoms with Crippen molar-refractivity contribution in [1.82, 2.24) is 10.2 Å². The molecule has 0 aliphatic carbocycles. The zero-order valence-corrected chi connectivity index (χ0v) is 13.6. The minimum absolute atomic E-state index is 0.824. The molecule has 1 N–H and O–H groups in total. The number of likely N-dealkylation sites (tertiary alicyclic amines) is 1. The normalized spacial score (nSPS) is 18.6. The Morgan fingerprint density at radius 2 is 2.00 bits per heavy atom. The van der Waals surface area contributed by atoms with Gasteiger partial charge < -0.3 is 15.0 Å². The standard InChI is InChI=1S/C19H28N2O/c1-16-17-8-7-9-19(18(17)10-11-20-16)22-15-6-5-14-21-12-3-2-4-13-21/h7-9,20H,1-6,10-15H2. The molecule has 0 unspecified atom stereocenters. The van der Waals surface area contributed by atoms with Crippen molar-refractivity contribution in [3.8, 4) is 5.75 Å². The Morgan fingerprint density at radius 3 is 2.86 bits per heavy atom. The van der Waals surface area contributed by atoms with Gasteiger partial charge in [0.05, 0.1) is 6.61 Å². The van der Waals surface area contributed by atoms with Crippen LogP contribution >= 0.6 is 0 Å². The Morgan fingerprint density at radius 1 is 1.14 bits per heavy atom. The molecule has 3 nitrogen and oxygen atoms in total. The molecule has 1 saturated heterocycles. The van der Waals surface area contributed by atoms with Crippen LogP contribution in [0.3, 0.4) is 0 Å². The lowest BCUT2D eigenvalue weighted by atomic mass is 9.98. The van der Waals surface area contributed by atoms with Gasteiger partial charge in [0.2, 0.25) is 0 Å². The van der Waals surface area contributed by atoms with Crippen molar-refractivity contribution in [3.05, 3.63) is 35.9 Å². The number of benzene rings is 1. The molecule has 1 fully saturated rings. The van der Waals surface area contributed by atoms with Gasteiger partial charge in [0.25, 0.3) is 0 Å². The van der Waals surface area contributed by atoms with E-state index >= 15 is 0 Å². The van der Waals surface area contributed by atoms with Gasteiger partial charge in [-0.1, -0.05) is 25.1 Å². The van der Waals surface area contributed by atoms with E-state index in [0.717, 1.165) is 37.4 Å². The summed E-state index contributed by atoms with van der Waals surface area (Å²) in [5.41, 5.74) is 3.57. The minimum atomic E-state index is 0.824. The van der Waals surface area contributed by atoms with Crippen molar-refractivity contribution in [3.63, 3.8) is 0 Å². The average Bonchev–Trinajstić information content (AvgIpc) is 2.56. The van der Waals surface area contributed by atoms with Crippen LogP contribution in [0, 0.1) is 0 Å². The molecular formula is C19H28N2O. The summed E-state index contributed by atoms with van der Waals surface area (Å²) in [6.07, 6.45) is 7.58. The molecule has 0 radical (unpaired) electrons. The van der Waals surface area contributed by atoms with Crippen LogP contribution in [0.4, 0.5) is 0 Å². The average molecular weight is 300 g/mol. The van der Waals surface area contributed by atoms with Crippen LogP contribution in [-0.2, 0) is 6.42 Å². The lowest BCUT2D eigenvalue weighted by Gasteiger charge is -2.26. The van der Waals surface area contributed by atoms with Crippen LogP contribution in [-0.4, -0.2) is 37.7 Å². The van der Waals surface area contributed by atoms with E-state index in [1.807, 2.05) is 0 Å². The molecule has 120 valence electrons. The summed E-state index contributed by atoms with van der Waals surface area (Å²) in [6.45, 7) is 9.69. The number of unbranched alkanes of at least 4 members (excludes halogenated alkanes) is 1. The van der Waals surface area contributed by atoms with E-state index in [1.165, 1.54) is 56.4 Å². The SMILES string of the molecule is C=C1NCCc2c(OCCCCN3CCCCC3)cccc21. The van der Waals surface area contributed by atoms with E-state index in [4.69, 9.17) is 4.74 Å². The minimum Gasteiger partial charge on any atom is -0.493 e. The highest BCUT2D eigenvalue weighted by molar-refractivity contribution is 5.69. The Kier molecular flexibility index (Phi) is 5.38. The van der Waals surface area contributed by atoms with Crippen molar-refractivity contribution >= 4 is 5.70 Å². The Balaban J connectivity index is 1.44. The molecule has 0 atom stereocenters. The van der Waals surface area contributed by atoms with Gasteiger partial charge in [-0.05, 0) is 57.8 Å². The van der Waals surface area contributed by atoms with E-state index in [-0.39, 0.29) is 0 Å². The highest BCUT2D eigenvalue weighted by Gasteiger charge is 2.16. The fourth-order valence-corrected chi connectivity index (χ4v) is 3.48. The number of piperidine rings is 1. The smallest absolute Gasteiger partial charge is 0.123 e. The maximum Gasteiger partial charge on any atom is 0.123 e. The third-order valence-corrected chi connectivity index (χ3v) is 4.75. The van der Waals surface area contributed by atoms with Gasteiger partial charge in [-0.15, -0.1) is 0 Å². The predicted octanol–water partition coefficient (Wildman–Crippen LogP) is 3.45. The topological polar surface area (TPSA) is 24.5 Å². The van der Waals surface area contributed by atoms with E-state index in [9.17, 15) is 0 Å². The van der Waals surface area contributed by atoms with Crippen molar-refractivity contribution in [2.24, 2.45) is 0 Å². The van der Waals surface area contributed by atoms with Crippen molar-refractivity contribution < 1.29 is 4.74 Å². The molecule has 1 aromatic carbocycles. The molecule has 3 rings (SSSR count). The van der Waals surface area contributed by atoms with Crippen LogP contribution in [0.5, 0.6) is 5.75 Å². The lowest BCUT2D eigenvalue weighted by molar-refractivity contribution is 0.215. The molecular weight excluding hydrogens is 272 g/mol. The number of rotatable bonds is 6. The Bertz CT molecular complexity index is 506. The highest BCUT2D eigenvalue weighted by atomic mass is 16.5. The van der Waals surface area contributed by atoms with Gasteiger partial charge in [-0.2, -0.15) is 0 Å². The summed E-state index contributed by atoms with van der Waals surface area (Å²) < 4.78 is 6.05. The molecule has 3 heteroatoms. The van der Waals surface area contributed by atoms with Crippen molar-refractivity contribution in [2.75, 3.05) is 32.8 Å². The van der Waals surface area contributed by atoms with Crippen LogP contribution in [0.1, 0.15) is 43.2 Å².